The number of hydrogen-bond donors (Lipinski definition) is 3. The molecule has 0 radical (unpaired) electrons. The third-order valence-electron chi connectivity index (χ3n) is 4.04. The Hall–Kier alpha value is -2.86. The minimum absolute atomic E-state index is 0.0101. The quantitative estimate of drug-likeness (QED) is 0.431. The maximum Gasteiger partial charge on any atom is 0.573 e. The van der Waals surface area contributed by atoms with E-state index >= 15 is 0 Å². The summed E-state index contributed by atoms with van der Waals surface area (Å²) in [5, 5.41) is 3.36. The molecule has 0 saturated heterocycles. The number of alkyl halides is 3. The molecule has 31 heavy (non-hydrogen) atoms. The van der Waals surface area contributed by atoms with Crippen LogP contribution in [0.5, 0.6) is 5.75 Å². The van der Waals surface area contributed by atoms with Gasteiger partial charge in [-0.1, -0.05) is 17.7 Å². The number of nitrogens with zero attached hydrogens (tertiary/aromatic N) is 2. The van der Waals surface area contributed by atoms with Crippen LogP contribution >= 0.6 is 11.6 Å². The number of aryl methyl sites for hydroxylation is 1. The molecule has 2 aromatic heterocycles. The van der Waals surface area contributed by atoms with E-state index < -0.39 is 33.7 Å². The van der Waals surface area contributed by atoms with Crippen molar-refractivity contribution in [1.82, 2.24) is 15.0 Å². The number of aromatic amines is 1. The highest BCUT2D eigenvalue weighted by Gasteiger charge is 2.33. The molecule has 7 nitrogen and oxygen atoms in total. The fourth-order valence-corrected chi connectivity index (χ4v) is 3.83. The van der Waals surface area contributed by atoms with E-state index in [0.29, 0.717) is 16.5 Å². The van der Waals surface area contributed by atoms with Crippen molar-refractivity contribution in [2.45, 2.75) is 24.4 Å². The summed E-state index contributed by atoms with van der Waals surface area (Å²) in [5.74, 6) is -1.76. The molecular weight excluding hydrogens is 462 g/mol. The SMILES string of the molecule is Cc1[nH]c([C@@H](Nc2ccc(Cl)cn2)c2ccc(OC(F)(F)F)c(F)c2)nc1[S@@](C)(=N)=O. The highest BCUT2D eigenvalue weighted by Crippen LogP contribution is 2.31. The minimum atomic E-state index is -5.05. The standard InChI is InChI=1S/C18H16ClF4N5O2S/c1-9-17(31(2,24)29)28-16(26-9)15(27-14-6-4-11(19)8-25-14)10-3-5-13(12(20)7-10)30-18(21,22)23/h3-8,15,24H,1-2H3,(H,25,27)(H,26,28)/t15-,31-/m0/s1. The van der Waals surface area contributed by atoms with Crippen LogP contribution < -0.4 is 10.1 Å². The first-order chi connectivity index (χ1) is 14.3. The van der Waals surface area contributed by atoms with Gasteiger partial charge < -0.3 is 15.0 Å². The van der Waals surface area contributed by atoms with Gasteiger partial charge in [-0.25, -0.2) is 23.3 Å². The number of hydrogen-bond acceptors (Lipinski definition) is 6. The summed E-state index contributed by atoms with van der Waals surface area (Å²) in [6.45, 7) is 1.57. The van der Waals surface area contributed by atoms with Crippen LogP contribution in [-0.4, -0.2) is 31.8 Å². The lowest BCUT2D eigenvalue weighted by molar-refractivity contribution is -0.275. The monoisotopic (exact) mass is 477 g/mol. The Morgan fingerprint density at radius 1 is 1.29 bits per heavy atom. The Morgan fingerprint density at radius 2 is 2.00 bits per heavy atom. The number of imidazole rings is 1. The van der Waals surface area contributed by atoms with Gasteiger partial charge in [-0.2, -0.15) is 0 Å². The molecule has 2 atom stereocenters. The molecule has 0 amide bonds. The molecule has 166 valence electrons. The molecule has 0 aliphatic heterocycles. The number of benzene rings is 1. The molecule has 0 spiro atoms. The molecule has 1 aromatic carbocycles. The van der Waals surface area contributed by atoms with E-state index in [0.717, 1.165) is 12.1 Å². The fraction of sp³-hybridized carbons (Fsp3) is 0.222. The molecule has 2 heterocycles. The number of aromatic nitrogens is 3. The number of H-pyrrole nitrogens is 1. The highest BCUT2D eigenvalue weighted by molar-refractivity contribution is 7.91. The number of ether oxygens (including phenoxy) is 1. The number of anilines is 1. The van der Waals surface area contributed by atoms with Gasteiger partial charge in [0, 0.05) is 18.1 Å². The van der Waals surface area contributed by atoms with Crippen molar-refractivity contribution >= 4 is 27.1 Å². The summed E-state index contributed by atoms with van der Waals surface area (Å²) in [4.78, 5) is 11.2. The average molecular weight is 478 g/mol. The predicted octanol–water partition coefficient (Wildman–Crippen LogP) is 5.04. The maximum absolute atomic E-state index is 14.3. The molecule has 0 unspecified atom stereocenters. The van der Waals surface area contributed by atoms with Crippen molar-refractivity contribution in [3.8, 4) is 5.75 Å². The summed E-state index contributed by atoms with van der Waals surface area (Å²) in [7, 11) is -3.16. The first-order valence-corrected chi connectivity index (χ1v) is 10.9. The summed E-state index contributed by atoms with van der Waals surface area (Å²) in [6.07, 6.45) is -2.48. The van der Waals surface area contributed by atoms with E-state index in [9.17, 15) is 21.8 Å². The highest BCUT2D eigenvalue weighted by atomic mass is 35.5. The van der Waals surface area contributed by atoms with Crippen LogP contribution in [0.2, 0.25) is 5.02 Å². The molecule has 3 N–H and O–H groups in total. The zero-order valence-corrected chi connectivity index (χ0v) is 17.6. The molecule has 0 aliphatic carbocycles. The van der Waals surface area contributed by atoms with Crippen molar-refractivity contribution in [3.63, 3.8) is 0 Å². The van der Waals surface area contributed by atoms with Gasteiger partial charge in [0.15, 0.2) is 16.6 Å². The van der Waals surface area contributed by atoms with Crippen LogP contribution in [0.3, 0.4) is 0 Å². The Bertz CT molecular complexity index is 1200. The molecule has 13 heteroatoms. The van der Waals surface area contributed by atoms with E-state index in [2.05, 4.69) is 25.0 Å². The van der Waals surface area contributed by atoms with E-state index in [1.165, 1.54) is 24.6 Å². The predicted molar refractivity (Wildman–Crippen MR) is 106 cm³/mol. The van der Waals surface area contributed by atoms with E-state index in [1.54, 1.807) is 13.0 Å². The van der Waals surface area contributed by atoms with Crippen molar-refractivity contribution in [3.05, 3.63) is 64.5 Å². The Kier molecular flexibility index (Phi) is 6.14. The van der Waals surface area contributed by atoms with Crippen LogP contribution in [0.15, 0.2) is 41.6 Å². The Morgan fingerprint density at radius 3 is 2.52 bits per heavy atom. The van der Waals surface area contributed by atoms with Gasteiger partial charge >= 0.3 is 6.36 Å². The van der Waals surface area contributed by atoms with Gasteiger partial charge in [0.2, 0.25) is 0 Å². The number of rotatable bonds is 6. The van der Waals surface area contributed by atoms with Gasteiger partial charge in [-0.3, -0.25) is 0 Å². The third-order valence-corrected chi connectivity index (χ3v) is 5.39. The van der Waals surface area contributed by atoms with Gasteiger partial charge in [0.25, 0.3) is 0 Å². The van der Waals surface area contributed by atoms with E-state index in [-0.39, 0.29) is 16.4 Å². The zero-order valence-electron chi connectivity index (χ0n) is 16.1. The number of nitrogens with one attached hydrogen (secondary N) is 3. The van der Waals surface area contributed by atoms with Crippen molar-refractivity contribution < 1.29 is 26.5 Å². The summed E-state index contributed by atoms with van der Waals surface area (Å²) in [6, 6.07) is 5.08. The fourth-order valence-electron chi connectivity index (χ4n) is 2.81. The first-order valence-electron chi connectivity index (χ1n) is 8.57. The number of pyridine rings is 1. The van der Waals surface area contributed by atoms with Crippen molar-refractivity contribution in [1.29, 1.82) is 4.78 Å². The van der Waals surface area contributed by atoms with Crippen LogP contribution in [0, 0.1) is 17.5 Å². The second-order valence-corrected chi connectivity index (χ2v) is 9.08. The van der Waals surface area contributed by atoms with Gasteiger partial charge in [-0.15, -0.1) is 13.2 Å². The minimum Gasteiger partial charge on any atom is -0.403 e. The summed E-state index contributed by atoms with van der Waals surface area (Å²) < 4.78 is 75.3. The molecule has 0 aliphatic rings. The third kappa shape index (κ3) is 5.64. The van der Waals surface area contributed by atoms with Crippen LogP contribution in [-0.2, 0) is 9.73 Å². The zero-order chi connectivity index (χ0) is 23.0. The van der Waals surface area contributed by atoms with Gasteiger partial charge in [0.1, 0.15) is 17.7 Å². The molecular formula is C18H16ClF4N5O2S. The van der Waals surface area contributed by atoms with Crippen LogP contribution in [0.1, 0.15) is 23.1 Å². The van der Waals surface area contributed by atoms with Crippen molar-refractivity contribution in [2.24, 2.45) is 0 Å². The summed E-state index contributed by atoms with van der Waals surface area (Å²) in [5.41, 5.74) is 0.544. The molecule has 0 fully saturated rings. The van der Waals surface area contributed by atoms with E-state index in [4.69, 9.17) is 16.4 Å². The largest absolute Gasteiger partial charge is 0.573 e. The average Bonchev–Trinajstić information content (AvgIpc) is 3.04. The van der Waals surface area contributed by atoms with Gasteiger partial charge in [0.05, 0.1) is 14.8 Å². The normalized spacial score (nSPS) is 14.7. The lowest BCUT2D eigenvalue weighted by Gasteiger charge is -2.19. The maximum atomic E-state index is 14.3. The van der Waals surface area contributed by atoms with Crippen molar-refractivity contribution in [2.75, 3.05) is 11.6 Å². The van der Waals surface area contributed by atoms with Crippen LogP contribution in [0.25, 0.3) is 0 Å². The number of halogens is 5. The Labute approximate surface area is 179 Å². The molecule has 0 bridgehead atoms. The van der Waals surface area contributed by atoms with Gasteiger partial charge in [-0.05, 0) is 36.8 Å². The summed E-state index contributed by atoms with van der Waals surface area (Å²) >= 11 is 5.83. The van der Waals surface area contributed by atoms with Crippen LogP contribution in [0.4, 0.5) is 23.4 Å². The molecule has 0 saturated carbocycles. The lowest BCUT2D eigenvalue weighted by atomic mass is 10.1. The first kappa shape index (κ1) is 22.8. The molecule has 3 rings (SSSR count). The second-order valence-electron chi connectivity index (χ2n) is 6.57. The van der Waals surface area contributed by atoms with E-state index in [1.807, 2.05) is 0 Å². The lowest BCUT2D eigenvalue weighted by Crippen LogP contribution is -2.19. The smallest absolute Gasteiger partial charge is 0.403 e. The molecule has 3 aromatic rings. The topological polar surface area (TPSA) is 104 Å². The Balaban J connectivity index is 2.06. The second kappa shape index (κ2) is 8.35.